The van der Waals surface area contributed by atoms with Crippen LogP contribution < -0.4 is 22.2 Å². The highest BCUT2D eigenvalue weighted by Gasteiger charge is 2.33. The van der Waals surface area contributed by atoms with Crippen molar-refractivity contribution in [1.29, 1.82) is 0 Å². The van der Waals surface area contributed by atoms with E-state index in [0.717, 1.165) is 12.1 Å². The number of nitrogens with two attached hydrogens (primary N) is 2. The minimum absolute atomic E-state index is 0.0729. The Hall–Kier alpha value is -3.66. The van der Waals surface area contributed by atoms with Crippen LogP contribution in [0.4, 0.5) is 29.3 Å². The van der Waals surface area contributed by atoms with Crippen LogP contribution in [0, 0.1) is 0 Å². The van der Waals surface area contributed by atoms with E-state index < -0.39 is 28.7 Å². The summed E-state index contributed by atoms with van der Waals surface area (Å²) in [6.45, 7) is 0. The number of primary amides is 1. The first-order valence-electron chi connectivity index (χ1n) is 8.36. The molecular formula is C19H15ClF3N5O2. The zero-order valence-corrected chi connectivity index (χ0v) is 15.9. The molecule has 0 aliphatic rings. The lowest BCUT2D eigenvalue weighted by molar-refractivity contribution is -0.137. The van der Waals surface area contributed by atoms with Gasteiger partial charge in [0.2, 0.25) is 0 Å². The number of halogens is 4. The van der Waals surface area contributed by atoms with Gasteiger partial charge in [0.25, 0.3) is 5.91 Å². The number of aromatic nitrogens is 1. The summed E-state index contributed by atoms with van der Waals surface area (Å²) in [5, 5.41) is 4.35. The molecule has 156 valence electrons. The van der Waals surface area contributed by atoms with Gasteiger partial charge in [-0.3, -0.25) is 9.47 Å². The number of hydrogen-bond acceptors (Lipinski definition) is 3. The summed E-state index contributed by atoms with van der Waals surface area (Å²) in [6.07, 6.45) is -1.74. The number of benzene rings is 2. The lowest BCUT2D eigenvalue weighted by atomic mass is 10.0. The number of nitrogens with zero attached hydrogens (tertiary/aromatic N) is 1. The predicted molar refractivity (Wildman–Crippen MR) is 108 cm³/mol. The molecule has 0 saturated heterocycles. The minimum Gasteiger partial charge on any atom is -0.366 e. The third-order valence-corrected chi connectivity index (χ3v) is 4.42. The summed E-state index contributed by atoms with van der Waals surface area (Å²) >= 11 is 5.56. The van der Waals surface area contributed by atoms with Crippen LogP contribution >= 0.6 is 11.6 Å². The maximum absolute atomic E-state index is 12.9. The minimum atomic E-state index is -4.65. The molecule has 1 aromatic heterocycles. The molecule has 0 unspecified atom stereocenters. The summed E-state index contributed by atoms with van der Waals surface area (Å²) in [5.41, 5.74) is 5.96. The highest BCUT2D eigenvalue weighted by molar-refractivity contribution is 6.31. The van der Waals surface area contributed by atoms with Crippen molar-refractivity contribution in [3.8, 4) is 11.1 Å². The molecule has 0 aliphatic heterocycles. The third-order valence-electron chi connectivity index (χ3n) is 4.10. The Kier molecular flexibility index (Phi) is 5.61. The zero-order chi connectivity index (χ0) is 22.1. The molecule has 1 heterocycles. The van der Waals surface area contributed by atoms with Gasteiger partial charge in [0.15, 0.2) is 0 Å². The summed E-state index contributed by atoms with van der Waals surface area (Å²) in [6, 6.07) is 8.66. The molecule has 0 fully saturated rings. The van der Waals surface area contributed by atoms with Crippen LogP contribution in [0.2, 0.25) is 5.02 Å². The third kappa shape index (κ3) is 4.66. The van der Waals surface area contributed by atoms with Crippen molar-refractivity contribution >= 4 is 34.9 Å². The topological polar surface area (TPSA) is 115 Å². The van der Waals surface area contributed by atoms with E-state index >= 15 is 0 Å². The van der Waals surface area contributed by atoms with Crippen molar-refractivity contribution in [3.63, 3.8) is 0 Å². The van der Waals surface area contributed by atoms with Gasteiger partial charge >= 0.3 is 12.2 Å². The van der Waals surface area contributed by atoms with Gasteiger partial charge in [-0.1, -0.05) is 23.7 Å². The van der Waals surface area contributed by atoms with Crippen molar-refractivity contribution < 1.29 is 22.8 Å². The van der Waals surface area contributed by atoms with Crippen LogP contribution in [0.15, 0.2) is 54.9 Å². The normalized spacial score (nSPS) is 11.2. The number of nitrogen functional groups attached to an aromatic ring is 1. The number of hydrogen-bond donors (Lipinski definition) is 4. The van der Waals surface area contributed by atoms with Crippen LogP contribution in [0.3, 0.4) is 0 Å². The van der Waals surface area contributed by atoms with Gasteiger partial charge in [0, 0.05) is 29.3 Å². The highest BCUT2D eigenvalue weighted by atomic mass is 35.5. The van der Waals surface area contributed by atoms with Crippen LogP contribution in [0.25, 0.3) is 11.1 Å². The average molecular weight is 438 g/mol. The van der Waals surface area contributed by atoms with Crippen LogP contribution in [-0.4, -0.2) is 16.6 Å². The lowest BCUT2D eigenvalue weighted by Crippen LogP contribution is -2.19. The summed E-state index contributed by atoms with van der Waals surface area (Å²) < 4.78 is 40.0. The standard InChI is InChI=1S/C19H15ClF3N5O2/c20-16-6-5-12(7-15(16)19(21,22)23)27-18(30)26-11-3-1-10(2-4-11)13-8-28(25)9-14(13)17(24)29/h1-9H,25H2,(H2,24,29)(H2,26,27,30). The second-order valence-corrected chi connectivity index (χ2v) is 6.65. The fraction of sp³-hybridized carbons (Fsp3) is 0.0526. The average Bonchev–Trinajstić information content (AvgIpc) is 3.05. The van der Waals surface area contributed by atoms with E-state index in [1.807, 2.05) is 0 Å². The van der Waals surface area contributed by atoms with Crippen LogP contribution in [0.1, 0.15) is 15.9 Å². The molecule has 2 aromatic carbocycles. The second-order valence-electron chi connectivity index (χ2n) is 6.25. The smallest absolute Gasteiger partial charge is 0.366 e. The Morgan fingerprint density at radius 2 is 1.57 bits per heavy atom. The van der Waals surface area contributed by atoms with E-state index in [4.69, 9.17) is 23.2 Å². The first-order valence-corrected chi connectivity index (χ1v) is 8.74. The van der Waals surface area contributed by atoms with Gasteiger partial charge in [-0.05, 0) is 35.9 Å². The largest absolute Gasteiger partial charge is 0.417 e. The predicted octanol–water partition coefficient (Wildman–Crippen LogP) is 4.28. The fourth-order valence-electron chi connectivity index (χ4n) is 2.75. The number of amides is 3. The van der Waals surface area contributed by atoms with Crippen LogP contribution in [-0.2, 0) is 6.18 Å². The first kappa shape index (κ1) is 21.1. The SMILES string of the molecule is NC(=O)c1cn(N)cc1-c1ccc(NC(=O)Nc2ccc(Cl)c(C(F)(F)F)c2)cc1. The molecule has 0 aliphatic carbocycles. The van der Waals surface area contributed by atoms with Gasteiger partial charge in [-0.15, -0.1) is 0 Å². The zero-order valence-electron chi connectivity index (χ0n) is 15.1. The summed E-state index contributed by atoms with van der Waals surface area (Å²) in [7, 11) is 0. The van der Waals surface area contributed by atoms with Crippen molar-refractivity contribution in [3.05, 3.63) is 71.0 Å². The molecule has 3 rings (SSSR count). The molecule has 3 amide bonds. The Labute approximate surface area is 173 Å². The van der Waals surface area contributed by atoms with E-state index in [2.05, 4.69) is 10.6 Å². The van der Waals surface area contributed by atoms with E-state index in [0.29, 0.717) is 16.8 Å². The van der Waals surface area contributed by atoms with Crippen molar-refractivity contribution in [2.75, 3.05) is 16.5 Å². The molecule has 6 N–H and O–H groups in total. The molecule has 11 heteroatoms. The molecule has 0 radical (unpaired) electrons. The van der Waals surface area contributed by atoms with Gasteiger partial charge in [0.1, 0.15) is 0 Å². The Bertz CT molecular complexity index is 1110. The van der Waals surface area contributed by atoms with Gasteiger partial charge in [-0.25, -0.2) is 4.79 Å². The molecule has 0 bridgehead atoms. The molecule has 0 spiro atoms. The molecule has 7 nitrogen and oxygen atoms in total. The number of nitrogens with one attached hydrogen (secondary N) is 2. The van der Waals surface area contributed by atoms with Gasteiger partial charge in [0.05, 0.1) is 16.1 Å². The number of urea groups is 1. The van der Waals surface area contributed by atoms with Crippen molar-refractivity contribution in [2.45, 2.75) is 6.18 Å². The van der Waals surface area contributed by atoms with Crippen molar-refractivity contribution in [2.24, 2.45) is 5.73 Å². The quantitative estimate of drug-likeness (QED) is 0.456. The van der Waals surface area contributed by atoms with Crippen LogP contribution in [0.5, 0.6) is 0 Å². The number of anilines is 2. The molecular weight excluding hydrogens is 423 g/mol. The number of rotatable bonds is 4. The van der Waals surface area contributed by atoms with E-state index in [-0.39, 0.29) is 11.3 Å². The molecule has 0 saturated carbocycles. The van der Waals surface area contributed by atoms with Gasteiger partial charge < -0.3 is 22.2 Å². The molecule has 0 atom stereocenters. The Morgan fingerprint density at radius 3 is 2.17 bits per heavy atom. The van der Waals surface area contributed by atoms with Gasteiger partial charge in [-0.2, -0.15) is 13.2 Å². The van der Waals surface area contributed by atoms with E-state index in [1.54, 1.807) is 24.3 Å². The molecule has 3 aromatic rings. The summed E-state index contributed by atoms with van der Waals surface area (Å²) in [5.74, 6) is 4.99. The summed E-state index contributed by atoms with van der Waals surface area (Å²) in [4.78, 5) is 23.6. The maximum Gasteiger partial charge on any atom is 0.417 e. The second kappa shape index (κ2) is 7.99. The number of alkyl halides is 3. The monoisotopic (exact) mass is 437 g/mol. The van der Waals surface area contributed by atoms with Crippen molar-refractivity contribution in [1.82, 2.24) is 4.68 Å². The highest BCUT2D eigenvalue weighted by Crippen LogP contribution is 2.36. The lowest BCUT2D eigenvalue weighted by Gasteiger charge is -2.12. The van der Waals surface area contributed by atoms with E-state index in [1.165, 1.54) is 23.1 Å². The molecule has 30 heavy (non-hydrogen) atoms. The number of carbonyl (C=O) groups is 2. The first-order chi connectivity index (χ1) is 14.0. The fourth-order valence-corrected chi connectivity index (χ4v) is 2.97. The van der Waals surface area contributed by atoms with E-state index in [9.17, 15) is 22.8 Å². The number of carbonyl (C=O) groups excluding carboxylic acids is 2. The maximum atomic E-state index is 12.9. The Balaban J connectivity index is 1.72. The Morgan fingerprint density at radius 1 is 0.967 bits per heavy atom.